The summed E-state index contributed by atoms with van der Waals surface area (Å²) in [6, 6.07) is 14.9. The van der Waals surface area contributed by atoms with Crippen LogP contribution in [-0.2, 0) is 16.4 Å². The summed E-state index contributed by atoms with van der Waals surface area (Å²) in [5.74, 6) is 0.485. The molecule has 0 saturated heterocycles. The Bertz CT molecular complexity index is 1020. The molecule has 0 amide bonds. The zero-order chi connectivity index (χ0) is 19.4. The van der Waals surface area contributed by atoms with Gasteiger partial charge in [-0.3, -0.25) is 0 Å². The van der Waals surface area contributed by atoms with E-state index in [9.17, 15) is 8.42 Å². The molecule has 0 aliphatic heterocycles. The normalized spacial score (nSPS) is 13.1. The summed E-state index contributed by atoms with van der Waals surface area (Å²) in [7, 11) is -3.63. The van der Waals surface area contributed by atoms with Gasteiger partial charge in [0.2, 0.25) is 0 Å². The van der Waals surface area contributed by atoms with Crippen LogP contribution in [0.3, 0.4) is 0 Å². The molecule has 0 saturated carbocycles. The first-order chi connectivity index (χ1) is 12.9. The number of rotatable bonds is 8. The number of hydrogen-bond donors (Lipinski definition) is 1. The Hall–Kier alpha value is -2.11. The van der Waals surface area contributed by atoms with Crippen LogP contribution in [0.5, 0.6) is 0 Å². The quantitative estimate of drug-likeness (QED) is 0.580. The highest BCUT2D eigenvalue weighted by molar-refractivity contribution is 7.90. The zero-order valence-electron chi connectivity index (χ0n) is 15.9. The lowest BCUT2D eigenvalue weighted by Gasteiger charge is -2.13. The molecule has 144 valence electrons. The van der Waals surface area contributed by atoms with Crippen LogP contribution in [0.25, 0.3) is 10.9 Å². The van der Waals surface area contributed by atoms with Crippen molar-refractivity contribution in [1.82, 2.24) is 3.97 Å². The van der Waals surface area contributed by atoms with E-state index < -0.39 is 10.0 Å². The highest BCUT2D eigenvalue weighted by Gasteiger charge is 2.21. The second-order valence-corrected chi connectivity index (χ2v) is 9.04. The Labute approximate surface area is 161 Å². The summed E-state index contributed by atoms with van der Waals surface area (Å²) >= 11 is 0. The monoisotopic (exact) mass is 385 g/mol. The van der Waals surface area contributed by atoms with Gasteiger partial charge in [0, 0.05) is 18.2 Å². The number of fused-ring (bicyclic) bond motifs is 1. The van der Waals surface area contributed by atoms with Crippen LogP contribution >= 0.6 is 0 Å². The number of aliphatic hydroxyl groups excluding tert-OH is 1. The lowest BCUT2D eigenvalue weighted by atomic mass is 9.94. The Morgan fingerprint density at radius 3 is 2.56 bits per heavy atom. The second-order valence-electron chi connectivity index (χ2n) is 7.26. The molecule has 3 rings (SSSR count). The Morgan fingerprint density at radius 2 is 1.81 bits per heavy atom. The van der Waals surface area contributed by atoms with Crippen molar-refractivity contribution in [3.8, 4) is 0 Å². The number of benzene rings is 2. The molecule has 0 bridgehead atoms. The highest BCUT2D eigenvalue weighted by Crippen LogP contribution is 2.28. The number of aliphatic hydroxyl groups is 1. The van der Waals surface area contributed by atoms with E-state index in [0.717, 1.165) is 42.1 Å². The fraction of sp³-hybridized carbons (Fsp3) is 0.364. The molecule has 1 unspecified atom stereocenters. The third-order valence-corrected chi connectivity index (χ3v) is 6.94. The first kappa shape index (κ1) is 19.6. The van der Waals surface area contributed by atoms with Crippen molar-refractivity contribution in [3.05, 3.63) is 65.9 Å². The average molecular weight is 386 g/mol. The maximum atomic E-state index is 13.2. The number of unbranched alkanes of at least 4 members (excludes halogenated alkanes) is 1. The molecule has 5 heteroatoms. The minimum Gasteiger partial charge on any atom is -0.396 e. The molecule has 1 aromatic heterocycles. The van der Waals surface area contributed by atoms with Crippen molar-refractivity contribution in [1.29, 1.82) is 0 Å². The molecule has 4 nitrogen and oxygen atoms in total. The minimum atomic E-state index is -3.63. The van der Waals surface area contributed by atoms with Crippen molar-refractivity contribution < 1.29 is 13.5 Å². The summed E-state index contributed by atoms with van der Waals surface area (Å²) in [6.07, 6.45) is 5.46. The number of hydrogen-bond acceptors (Lipinski definition) is 3. The van der Waals surface area contributed by atoms with Gasteiger partial charge in [-0.05, 0) is 55.0 Å². The van der Waals surface area contributed by atoms with Crippen LogP contribution in [0.15, 0.2) is 59.6 Å². The number of aromatic nitrogens is 1. The first-order valence-electron chi connectivity index (χ1n) is 9.46. The van der Waals surface area contributed by atoms with Crippen molar-refractivity contribution in [2.75, 3.05) is 6.61 Å². The summed E-state index contributed by atoms with van der Waals surface area (Å²) in [4.78, 5) is 0.338. The van der Waals surface area contributed by atoms with Gasteiger partial charge >= 0.3 is 0 Å². The van der Waals surface area contributed by atoms with Crippen LogP contribution in [0.2, 0.25) is 0 Å². The fourth-order valence-electron chi connectivity index (χ4n) is 3.63. The molecular formula is C22H27NO3S. The first-order valence-corrected chi connectivity index (χ1v) is 10.9. The van der Waals surface area contributed by atoms with Gasteiger partial charge in [0.15, 0.2) is 0 Å². The van der Waals surface area contributed by atoms with Crippen LogP contribution in [0, 0.1) is 12.8 Å². The van der Waals surface area contributed by atoms with Gasteiger partial charge in [-0.2, -0.15) is 0 Å². The molecule has 0 aliphatic carbocycles. The lowest BCUT2D eigenvalue weighted by Crippen LogP contribution is -2.13. The SMILES string of the molecule is Cc1ccccc1S(=O)(=O)n1ccc2c(CC(C)CCCCO)cccc21. The van der Waals surface area contributed by atoms with E-state index in [0.29, 0.717) is 10.8 Å². The van der Waals surface area contributed by atoms with E-state index >= 15 is 0 Å². The lowest BCUT2D eigenvalue weighted by molar-refractivity contribution is 0.279. The number of aryl methyl sites for hydroxylation is 1. The van der Waals surface area contributed by atoms with Gasteiger partial charge in [0.05, 0.1) is 10.4 Å². The molecule has 0 fully saturated rings. The molecule has 3 aromatic rings. The molecule has 27 heavy (non-hydrogen) atoms. The number of nitrogens with zero attached hydrogens (tertiary/aromatic N) is 1. The summed E-state index contributed by atoms with van der Waals surface area (Å²) in [5, 5.41) is 9.93. The maximum absolute atomic E-state index is 13.2. The average Bonchev–Trinajstić information content (AvgIpc) is 3.08. The Morgan fingerprint density at radius 1 is 1.04 bits per heavy atom. The second kappa shape index (κ2) is 8.28. The van der Waals surface area contributed by atoms with Gasteiger partial charge in [0.1, 0.15) is 0 Å². The third kappa shape index (κ3) is 4.09. The van der Waals surface area contributed by atoms with Gasteiger partial charge in [-0.25, -0.2) is 12.4 Å². The molecular weight excluding hydrogens is 358 g/mol. The van der Waals surface area contributed by atoms with E-state index in [1.807, 2.05) is 37.3 Å². The molecule has 1 N–H and O–H groups in total. The molecule has 0 radical (unpaired) electrons. The van der Waals surface area contributed by atoms with E-state index in [4.69, 9.17) is 5.11 Å². The largest absolute Gasteiger partial charge is 0.396 e. The van der Waals surface area contributed by atoms with Crippen LogP contribution in [0.1, 0.15) is 37.3 Å². The fourth-order valence-corrected chi connectivity index (χ4v) is 5.20. The molecule has 0 aliphatic rings. The van der Waals surface area contributed by atoms with Crippen molar-refractivity contribution >= 4 is 20.9 Å². The van der Waals surface area contributed by atoms with Crippen molar-refractivity contribution in [2.45, 2.75) is 44.4 Å². The maximum Gasteiger partial charge on any atom is 0.268 e. The van der Waals surface area contributed by atoms with Crippen molar-refractivity contribution in [2.24, 2.45) is 5.92 Å². The third-order valence-electron chi connectivity index (χ3n) is 5.09. The van der Waals surface area contributed by atoms with E-state index in [-0.39, 0.29) is 6.61 Å². The van der Waals surface area contributed by atoms with Crippen LogP contribution in [-0.4, -0.2) is 24.1 Å². The topological polar surface area (TPSA) is 59.3 Å². The highest BCUT2D eigenvalue weighted by atomic mass is 32.2. The van der Waals surface area contributed by atoms with Crippen LogP contribution in [0.4, 0.5) is 0 Å². The summed E-state index contributed by atoms with van der Waals surface area (Å²) in [5.41, 5.74) is 2.63. The molecule has 1 atom stereocenters. The smallest absolute Gasteiger partial charge is 0.268 e. The van der Waals surface area contributed by atoms with Gasteiger partial charge in [0.25, 0.3) is 10.0 Å². The van der Waals surface area contributed by atoms with Crippen LogP contribution < -0.4 is 0 Å². The van der Waals surface area contributed by atoms with E-state index in [1.165, 1.54) is 9.54 Å². The van der Waals surface area contributed by atoms with Gasteiger partial charge in [-0.15, -0.1) is 0 Å². The Kier molecular flexibility index (Phi) is 6.02. The van der Waals surface area contributed by atoms with E-state index in [1.54, 1.807) is 18.3 Å². The predicted molar refractivity (Wildman–Crippen MR) is 110 cm³/mol. The Balaban J connectivity index is 1.95. The molecule has 0 spiro atoms. The standard InChI is InChI=1S/C22H27NO3S/c1-17(8-5-6-15-24)16-19-10-7-11-21-20(19)13-14-23(21)27(25,26)22-12-4-3-9-18(22)2/h3-4,7,9-14,17,24H,5-6,8,15-16H2,1-2H3. The zero-order valence-corrected chi connectivity index (χ0v) is 16.7. The molecule has 1 heterocycles. The van der Waals surface area contributed by atoms with E-state index in [2.05, 4.69) is 13.0 Å². The summed E-state index contributed by atoms with van der Waals surface area (Å²) < 4.78 is 27.7. The summed E-state index contributed by atoms with van der Waals surface area (Å²) in [6.45, 7) is 4.26. The minimum absolute atomic E-state index is 0.238. The molecule has 2 aromatic carbocycles. The predicted octanol–water partition coefficient (Wildman–Crippen LogP) is 4.53. The van der Waals surface area contributed by atoms with Crippen molar-refractivity contribution in [3.63, 3.8) is 0 Å². The van der Waals surface area contributed by atoms with Gasteiger partial charge in [-0.1, -0.05) is 50.1 Å². The van der Waals surface area contributed by atoms with Gasteiger partial charge < -0.3 is 5.11 Å².